The van der Waals surface area contributed by atoms with Crippen LogP contribution in [0.25, 0.3) is 0 Å². The second kappa shape index (κ2) is 7.26. The number of aryl methyl sites for hydroxylation is 5. The van der Waals surface area contributed by atoms with Crippen LogP contribution in [0.5, 0.6) is 0 Å². The summed E-state index contributed by atoms with van der Waals surface area (Å²) in [5.74, 6) is 0.0992. The monoisotopic (exact) mass is 295 g/mol. The smallest absolute Gasteiger partial charge is 0.224 e. The van der Waals surface area contributed by atoms with E-state index in [1.165, 1.54) is 16.7 Å². The van der Waals surface area contributed by atoms with Gasteiger partial charge in [-0.2, -0.15) is 0 Å². The second-order valence-electron chi connectivity index (χ2n) is 6.16. The Kier molecular flexibility index (Phi) is 5.37. The first-order valence-electron chi connectivity index (χ1n) is 7.89. The van der Waals surface area contributed by atoms with E-state index >= 15 is 0 Å². The van der Waals surface area contributed by atoms with E-state index in [1.807, 2.05) is 13.8 Å². The van der Waals surface area contributed by atoms with E-state index in [9.17, 15) is 4.79 Å². The van der Waals surface area contributed by atoms with Gasteiger partial charge in [0.15, 0.2) is 0 Å². The van der Waals surface area contributed by atoms with Gasteiger partial charge in [0.1, 0.15) is 0 Å². The van der Waals surface area contributed by atoms with Gasteiger partial charge in [0.05, 0.1) is 0 Å². The molecule has 2 rings (SSSR count). The molecule has 22 heavy (non-hydrogen) atoms. The van der Waals surface area contributed by atoms with Crippen molar-refractivity contribution in [2.45, 2.75) is 47.0 Å². The number of anilines is 1. The van der Waals surface area contributed by atoms with Crippen LogP contribution < -0.4 is 5.32 Å². The maximum atomic E-state index is 12.1. The van der Waals surface area contributed by atoms with E-state index in [0.29, 0.717) is 6.42 Å². The van der Waals surface area contributed by atoms with Crippen LogP contribution in [-0.4, -0.2) is 5.91 Å². The van der Waals surface area contributed by atoms with Crippen molar-refractivity contribution in [3.63, 3.8) is 0 Å². The fraction of sp³-hybridized carbons (Fsp3) is 0.350. The topological polar surface area (TPSA) is 29.1 Å². The summed E-state index contributed by atoms with van der Waals surface area (Å²) in [6.45, 7) is 8.25. The summed E-state index contributed by atoms with van der Waals surface area (Å²) >= 11 is 0. The summed E-state index contributed by atoms with van der Waals surface area (Å²) in [4.78, 5) is 12.1. The van der Waals surface area contributed by atoms with Gasteiger partial charge in [-0.1, -0.05) is 47.5 Å². The predicted octanol–water partition coefficient (Wildman–Crippen LogP) is 4.88. The largest absolute Gasteiger partial charge is 0.326 e. The van der Waals surface area contributed by atoms with Crippen molar-refractivity contribution in [2.24, 2.45) is 0 Å². The van der Waals surface area contributed by atoms with Gasteiger partial charge in [-0.05, 0) is 57.2 Å². The zero-order valence-electron chi connectivity index (χ0n) is 14.0. The van der Waals surface area contributed by atoms with Crippen LogP contribution >= 0.6 is 0 Å². The fourth-order valence-corrected chi connectivity index (χ4v) is 2.79. The molecular formula is C20H25NO. The minimum atomic E-state index is 0.0992. The highest BCUT2D eigenvalue weighted by atomic mass is 16.1. The molecule has 2 aromatic rings. The Morgan fingerprint density at radius 1 is 0.909 bits per heavy atom. The maximum Gasteiger partial charge on any atom is 0.224 e. The predicted molar refractivity (Wildman–Crippen MR) is 93.4 cm³/mol. The highest BCUT2D eigenvalue weighted by molar-refractivity contribution is 5.92. The van der Waals surface area contributed by atoms with Crippen LogP contribution in [0, 0.1) is 27.7 Å². The first kappa shape index (κ1) is 16.3. The SMILES string of the molecule is Cc1ccc(CCCC(=O)Nc2c(C)cc(C)cc2C)cc1. The summed E-state index contributed by atoms with van der Waals surface area (Å²) in [5.41, 5.74) is 7.01. The summed E-state index contributed by atoms with van der Waals surface area (Å²) in [5, 5.41) is 3.06. The molecular weight excluding hydrogens is 270 g/mol. The lowest BCUT2D eigenvalue weighted by molar-refractivity contribution is -0.116. The molecule has 2 aromatic carbocycles. The molecule has 0 saturated heterocycles. The van der Waals surface area contributed by atoms with Crippen molar-refractivity contribution in [2.75, 3.05) is 5.32 Å². The van der Waals surface area contributed by atoms with E-state index < -0.39 is 0 Å². The Morgan fingerprint density at radius 2 is 1.50 bits per heavy atom. The van der Waals surface area contributed by atoms with Crippen LogP contribution in [0.1, 0.15) is 40.7 Å². The molecule has 0 aromatic heterocycles. The van der Waals surface area contributed by atoms with Gasteiger partial charge in [0.25, 0.3) is 0 Å². The van der Waals surface area contributed by atoms with Crippen LogP contribution in [-0.2, 0) is 11.2 Å². The van der Waals surface area contributed by atoms with Crippen molar-refractivity contribution < 1.29 is 4.79 Å². The lowest BCUT2D eigenvalue weighted by Gasteiger charge is -2.12. The highest BCUT2D eigenvalue weighted by Crippen LogP contribution is 2.22. The number of nitrogens with one attached hydrogen (secondary N) is 1. The van der Waals surface area contributed by atoms with Gasteiger partial charge in [-0.3, -0.25) is 4.79 Å². The van der Waals surface area contributed by atoms with Gasteiger partial charge in [0, 0.05) is 12.1 Å². The Morgan fingerprint density at radius 3 is 2.09 bits per heavy atom. The van der Waals surface area contributed by atoms with E-state index in [0.717, 1.165) is 29.7 Å². The summed E-state index contributed by atoms with van der Waals surface area (Å²) in [7, 11) is 0. The maximum absolute atomic E-state index is 12.1. The Balaban J connectivity index is 1.87. The molecule has 0 spiro atoms. The average molecular weight is 295 g/mol. The van der Waals surface area contributed by atoms with E-state index in [2.05, 4.69) is 55.6 Å². The quantitative estimate of drug-likeness (QED) is 0.836. The molecule has 0 heterocycles. The first-order valence-corrected chi connectivity index (χ1v) is 7.89. The van der Waals surface area contributed by atoms with Crippen LogP contribution in [0.3, 0.4) is 0 Å². The lowest BCUT2D eigenvalue weighted by atomic mass is 10.0. The number of rotatable bonds is 5. The van der Waals surface area contributed by atoms with E-state index in [1.54, 1.807) is 0 Å². The zero-order chi connectivity index (χ0) is 16.1. The van der Waals surface area contributed by atoms with Crippen molar-refractivity contribution in [1.82, 2.24) is 0 Å². The first-order chi connectivity index (χ1) is 10.5. The second-order valence-corrected chi connectivity index (χ2v) is 6.16. The minimum absolute atomic E-state index is 0.0992. The van der Waals surface area contributed by atoms with Crippen molar-refractivity contribution in [3.8, 4) is 0 Å². The summed E-state index contributed by atoms with van der Waals surface area (Å²) in [6.07, 6.45) is 2.37. The van der Waals surface area contributed by atoms with E-state index in [4.69, 9.17) is 0 Å². The van der Waals surface area contributed by atoms with Gasteiger partial charge < -0.3 is 5.32 Å². The number of hydrogen-bond acceptors (Lipinski definition) is 1. The number of benzene rings is 2. The van der Waals surface area contributed by atoms with E-state index in [-0.39, 0.29) is 5.91 Å². The molecule has 1 amide bonds. The van der Waals surface area contributed by atoms with Crippen LogP contribution in [0.15, 0.2) is 36.4 Å². The highest BCUT2D eigenvalue weighted by Gasteiger charge is 2.08. The molecule has 0 fully saturated rings. The third-order valence-electron chi connectivity index (χ3n) is 3.93. The molecule has 1 N–H and O–H groups in total. The summed E-state index contributed by atoms with van der Waals surface area (Å²) < 4.78 is 0. The molecule has 0 aliphatic heterocycles. The molecule has 2 nitrogen and oxygen atoms in total. The number of carbonyl (C=O) groups is 1. The third kappa shape index (κ3) is 4.45. The molecule has 0 atom stereocenters. The number of carbonyl (C=O) groups excluding carboxylic acids is 1. The van der Waals surface area contributed by atoms with Crippen molar-refractivity contribution >= 4 is 11.6 Å². The fourth-order valence-electron chi connectivity index (χ4n) is 2.79. The molecule has 0 unspecified atom stereocenters. The Labute approximate surface area is 133 Å². The van der Waals surface area contributed by atoms with Crippen molar-refractivity contribution in [3.05, 3.63) is 64.2 Å². The van der Waals surface area contributed by atoms with Crippen LogP contribution in [0.4, 0.5) is 5.69 Å². The normalized spacial score (nSPS) is 10.5. The van der Waals surface area contributed by atoms with Crippen molar-refractivity contribution in [1.29, 1.82) is 0 Å². The molecule has 116 valence electrons. The Hall–Kier alpha value is -2.09. The molecule has 0 aliphatic rings. The molecule has 0 aliphatic carbocycles. The molecule has 0 radical (unpaired) electrons. The third-order valence-corrected chi connectivity index (χ3v) is 3.93. The molecule has 0 saturated carbocycles. The standard InChI is InChI=1S/C20H25NO/c1-14-8-10-18(11-9-14)6-5-7-19(22)21-20-16(3)12-15(2)13-17(20)4/h8-13H,5-7H2,1-4H3,(H,21,22). The van der Waals surface area contributed by atoms with Gasteiger partial charge >= 0.3 is 0 Å². The van der Waals surface area contributed by atoms with Gasteiger partial charge in [0.2, 0.25) is 5.91 Å². The summed E-state index contributed by atoms with van der Waals surface area (Å²) in [6, 6.07) is 12.7. The Bertz CT molecular complexity index is 633. The lowest BCUT2D eigenvalue weighted by Crippen LogP contribution is -2.13. The average Bonchev–Trinajstić information content (AvgIpc) is 2.45. The zero-order valence-corrected chi connectivity index (χ0v) is 14.0. The van der Waals surface area contributed by atoms with Gasteiger partial charge in [-0.15, -0.1) is 0 Å². The van der Waals surface area contributed by atoms with Gasteiger partial charge in [-0.25, -0.2) is 0 Å². The van der Waals surface area contributed by atoms with Crippen LogP contribution in [0.2, 0.25) is 0 Å². The molecule has 0 bridgehead atoms. The molecule has 2 heteroatoms. The number of amides is 1. The minimum Gasteiger partial charge on any atom is -0.326 e. The number of hydrogen-bond donors (Lipinski definition) is 1.